The maximum atomic E-state index is 13.9. The molecule has 2 N–H and O–H groups in total. The van der Waals surface area contributed by atoms with E-state index >= 15 is 0 Å². The molecular weight excluding hydrogens is 265 g/mol. The predicted octanol–water partition coefficient (Wildman–Crippen LogP) is 3.73. The van der Waals surface area contributed by atoms with E-state index < -0.39 is 6.04 Å². The van der Waals surface area contributed by atoms with Crippen LogP contribution < -0.4 is 10.5 Å². The molecule has 0 bridgehead atoms. The summed E-state index contributed by atoms with van der Waals surface area (Å²) in [7, 11) is 1.51. The van der Waals surface area contributed by atoms with E-state index in [1.54, 1.807) is 24.3 Å². The van der Waals surface area contributed by atoms with Crippen molar-refractivity contribution < 1.29 is 9.13 Å². The lowest BCUT2D eigenvalue weighted by molar-refractivity contribution is 0.399. The topological polar surface area (TPSA) is 35.2 Å². The van der Waals surface area contributed by atoms with E-state index in [9.17, 15) is 4.39 Å². The van der Waals surface area contributed by atoms with Gasteiger partial charge in [-0.3, -0.25) is 0 Å². The van der Waals surface area contributed by atoms with Crippen LogP contribution in [0.15, 0.2) is 42.5 Å². The summed E-state index contributed by atoms with van der Waals surface area (Å²) < 4.78 is 19.0. The summed E-state index contributed by atoms with van der Waals surface area (Å²) in [5.41, 5.74) is 7.49. The van der Waals surface area contributed by atoms with Gasteiger partial charge in [0.1, 0.15) is 11.6 Å². The van der Waals surface area contributed by atoms with Crippen molar-refractivity contribution in [3.05, 3.63) is 64.4 Å². The Morgan fingerprint density at radius 1 is 1.21 bits per heavy atom. The fourth-order valence-corrected chi connectivity index (χ4v) is 2.16. The summed E-state index contributed by atoms with van der Waals surface area (Å²) in [6.45, 7) is 0. The molecule has 0 saturated carbocycles. The highest BCUT2D eigenvalue weighted by Gasteiger charge is 2.17. The number of benzene rings is 2. The quantitative estimate of drug-likeness (QED) is 0.925. The Morgan fingerprint density at radius 3 is 2.53 bits per heavy atom. The van der Waals surface area contributed by atoms with Gasteiger partial charge in [-0.05, 0) is 36.2 Å². The third-order valence-corrected chi connectivity index (χ3v) is 3.22. The van der Waals surface area contributed by atoms with Crippen LogP contribution in [0.3, 0.4) is 0 Å². The van der Waals surface area contributed by atoms with Crippen molar-refractivity contribution in [2.45, 2.75) is 12.5 Å². The highest BCUT2D eigenvalue weighted by atomic mass is 35.5. The second-order valence-electron chi connectivity index (χ2n) is 4.29. The Kier molecular flexibility index (Phi) is 4.40. The predicted molar refractivity (Wildman–Crippen MR) is 75.0 cm³/mol. The molecule has 0 aliphatic carbocycles. The molecule has 1 atom stereocenters. The van der Waals surface area contributed by atoms with Crippen LogP contribution in [0.5, 0.6) is 5.75 Å². The van der Waals surface area contributed by atoms with Gasteiger partial charge in [0.2, 0.25) is 0 Å². The van der Waals surface area contributed by atoms with E-state index in [1.807, 2.05) is 12.1 Å². The van der Waals surface area contributed by atoms with E-state index in [-0.39, 0.29) is 5.82 Å². The summed E-state index contributed by atoms with van der Waals surface area (Å²) in [6, 6.07) is 11.6. The fraction of sp³-hybridized carbons (Fsp3) is 0.200. The molecule has 0 amide bonds. The molecule has 0 aromatic heterocycles. The number of hydrogen-bond acceptors (Lipinski definition) is 2. The molecule has 0 aliphatic heterocycles. The largest absolute Gasteiger partial charge is 0.496 e. The molecule has 4 heteroatoms. The third kappa shape index (κ3) is 3.25. The summed E-state index contributed by atoms with van der Waals surface area (Å²) in [6.07, 6.45) is 0.522. The SMILES string of the molecule is COc1cccc(F)c1C(N)Cc1ccc(Cl)cc1. The standard InChI is InChI=1S/C15H15ClFNO/c1-19-14-4-2-3-12(17)15(14)13(18)9-10-5-7-11(16)8-6-10/h2-8,13H,9,18H2,1H3. The first-order chi connectivity index (χ1) is 9.11. The molecule has 0 aliphatic rings. The molecule has 19 heavy (non-hydrogen) atoms. The van der Waals surface area contributed by atoms with E-state index in [2.05, 4.69) is 0 Å². The zero-order chi connectivity index (χ0) is 13.8. The van der Waals surface area contributed by atoms with Gasteiger partial charge < -0.3 is 10.5 Å². The summed E-state index contributed by atoms with van der Waals surface area (Å²) >= 11 is 5.83. The van der Waals surface area contributed by atoms with Crippen LogP contribution in [-0.4, -0.2) is 7.11 Å². The zero-order valence-electron chi connectivity index (χ0n) is 10.6. The number of ether oxygens (including phenoxy) is 1. The monoisotopic (exact) mass is 279 g/mol. The Balaban J connectivity index is 2.24. The van der Waals surface area contributed by atoms with Crippen molar-refractivity contribution in [1.29, 1.82) is 0 Å². The maximum Gasteiger partial charge on any atom is 0.131 e. The van der Waals surface area contributed by atoms with Gasteiger partial charge in [-0.2, -0.15) is 0 Å². The Hall–Kier alpha value is -1.58. The summed E-state index contributed by atoms with van der Waals surface area (Å²) in [4.78, 5) is 0. The maximum absolute atomic E-state index is 13.9. The molecular formula is C15H15ClFNO. The van der Waals surface area contributed by atoms with Gasteiger partial charge in [-0.1, -0.05) is 29.8 Å². The van der Waals surface area contributed by atoms with E-state index in [4.69, 9.17) is 22.1 Å². The van der Waals surface area contributed by atoms with Crippen molar-refractivity contribution in [1.82, 2.24) is 0 Å². The lowest BCUT2D eigenvalue weighted by Crippen LogP contribution is -2.16. The second-order valence-corrected chi connectivity index (χ2v) is 4.73. The molecule has 2 aromatic carbocycles. The van der Waals surface area contributed by atoms with Crippen LogP contribution in [0.1, 0.15) is 17.2 Å². The first-order valence-electron chi connectivity index (χ1n) is 5.94. The molecule has 0 fully saturated rings. The average Bonchev–Trinajstić information content (AvgIpc) is 2.40. The summed E-state index contributed by atoms with van der Waals surface area (Å²) in [5, 5.41) is 0.667. The Labute approximate surface area is 117 Å². The molecule has 100 valence electrons. The molecule has 1 unspecified atom stereocenters. The lowest BCUT2D eigenvalue weighted by atomic mass is 9.98. The minimum Gasteiger partial charge on any atom is -0.496 e. The van der Waals surface area contributed by atoms with Crippen LogP contribution in [-0.2, 0) is 6.42 Å². The van der Waals surface area contributed by atoms with Gasteiger partial charge in [0.05, 0.1) is 7.11 Å². The Bertz CT molecular complexity index is 557. The molecule has 2 aromatic rings. The van der Waals surface area contributed by atoms with Gasteiger partial charge >= 0.3 is 0 Å². The van der Waals surface area contributed by atoms with Gasteiger partial charge in [0, 0.05) is 16.6 Å². The van der Waals surface area contributed by atoms with Crippen LogP contribution in [0.4, 0.5) is 4.39 Å². The van der Waals surface area contributed by atoms with Gasteiger partial charge in [0.25, 0.3) is 0 Å². The van der Waals surface area contributed by atoms with Crippen LogP contribution in [0, 0.1) is 5.82 Å². The molecule has 2 nitrogen and oxygen atoms in total. The van der Waals surface area contributed by atoms with Crippen molar-refractivity contribution >= 4 is 11.6 Å². The fourth-order valence-electron chi connectivity index (χ4n) is 2.03. The van der Waals surface area contributed by atoms with Gasteiger partial charge in [-0.15, -0.1) is 0 Å². The third-order valence-electron chi connectivity index (χ3n) is 2.97. The van der Waals surface area contributed by atoms with Crippen LogP contribution in [0.2, 0.25) is 5.02 Å². The molecule has 0 heterocycles. The van der Waals surface area contributed by atoms with Crippen molar-refractivity contribution in [3.63, 3.8) is 0 Å². The normalized spacial score (nSPS) is 12.2. The van der Waals surface area contributed by atoms with Crippen molar-refractivity contribution in [3.8, 4) is 5.75 Å². The minimum absolute atomic E-state index is 0.346. The zero-order valence-corrected chi connectivity index (χ0v) is 11.3. The molecule has 0 radical (unpaired) electrons. The highest BCUT2D eigenvalue weighted by molar-refractivity contribution is 6.30. The first-order valence-corrected chi connectivity index (χ1v) is 6.32. The van der Waals surface area contributed by atoms with Crippen molar-refractivity contribution in [2.24, 2.45) is 5.73 Å². The minimum atomic E-state index is -0.461. The van der Waals surface area contributed by atoms with Crippen LogP contribution >= 0.6 is 11.6 Å². The molecule has 0 spiro atoms. The smallest absolute Gasteiger partial charge is 0.131 e. The lowest BCUT2D eigenvalue weighted by Gasteiger charge is -2.16. The Morgan fingerprint density at radius 2 is 1.89 bits per heavy atom. The molecule has 0 saturated heterocycles. The number of halogens is 2. The molecule has 2 rings (SSSR count). The van der Waals surface area contributed by atoms with E-state index in [0.29, 0.717) is 22.8 Å². The first kappa shape index (κ1) is 13.8. The van der Waals surface area contributed by atoms with Gasteiger partial charge in [-0.25, -0.2) is 4.39 Å². The van der Waals surface area contributed by atoms with Crippen LogP contribution in [0.25, 0.3) is 0 Å². The van der Waals surface area contributed by atoms with E-state index in [0.717, 1.165) is 5.56 Å². The van der Waals surface area contributed by atoms with Gasteiger partial charge in [0.15, 0.2) is 0 Å². The van der Waals surface area contributed by atoms with E-state index in [1.165, 1.54) is 13.2 Å². The highest BCUT2D eigenvalue weighted by Crippen LogP contribution is 2.28. The van der Waals surface area contributed by atoms with Crippen molar-refractivity contribution in [2.75, 3.05) is 7.11 Å². The second kappa shape index (κ2) is 6.04. The summed E-state index contributed by atoms with van der Waals surface area (Å²) in [5.74, 6) is 0.127. The number of rotatable bonds is 4. The number of hydrogen-bond donors (Lipinski definition) is 1. The average molecular weight is 280 g/mol. The number of nitrogens with two attached hydrogens (primary N) is 1. The number of methoxy groups -OCH3 is 1.